The molecule has 19 heavy (non-hydrogen) atoms. The van der Waals surface area contributed by atoms with E-state index in [2.05, 4.69) is 25.7 Å². The van der Waals surface area contributed by atoms with Crippen molar-refractivity contribution in [3.63, 3.8) is 0 Å². The minimum Gasteiger partial charge on any atom is -0.385 e. The summed E-state index contributed by atoms with van der Waals surface area (Å²) < 4.78 is 5.38. The van der Waals surface area contributed by atoms with Gasteiger partial charge < -0.3 is 14.7 Å². The number of nitrogens with zero attached hydrogens (tertiary/aromatic N) is 2. The Labute approximate surface area is 119 Å². The van der Waals surface area contributed by atoms with E-state index in [0.717, 1.165) is 42.0 Å². The molecule has 1 N–H and O–H groups in total. The number of thiazole rings is 1. The van der Waals surface area contributed by atoms with Crippen LogP contribution in [0.3, 0.4) is 0 Å². The maximum absolute atomic E-state index is 10.4. The molecule has 1 saturated heterocycles. The minimum atomic E-state index is -0.842. The van der Waals surface area contributed by atoms with Crippen molar-refractivity contribution in [3.8, 4) is 0 Å². The van der Waals surface area contributed by atoms with Crippen molar-refractivity contribution in [1.29, 1.82) is 0 Å². The van der Waals surface area contributed by atoms with Gasteiger partial charge >= 0.3 is 0 Å². The summed E-state index contributed by atoms with van der Waals surface area (Å²) in [6.45, 7) is 13.3. The van der Waals surface area contributed by atoms with Gasteiger partial charge in [-0.1, -0.05) is 32.1 Å². The molecule has 0 saturated carbocycles. The van der Waals surface area contributed by atoms with E-state index in [1.54, 1.807) is 11.3 Å². The largest absolute Gasteiger partial charge is 0.385 e. The Kier molecular flexibility index (Phi) is 3.91. The molecule has 1 aromatic heterocycles. The number of aromatic nitrogens is 1. The number of hydrogen-bond acceptors (Lipinski definition) is 5. The monoisotopic (exact) mass is 284 g/mol. The molecule has 1 aromatic rings. The van der Waals surface area contributed by atoms with Crippen LogP contribution in [0.4, 0.5) is 5.13 Å². The van der Waals surface area contributed by atoms with Crippen molar-refractivity contribution < 1.29 is 9.84 Å². The zero-order valence-corrected chi connectivity index (χ0v) is 13.3. The van der Waals surface area contributed by atoms with Crippen molar-refractivity contribution in [2.45, 2.75) is 45.6 Å². The van der Waals surface area contributed by atoms with Crippen LogP contribution in [0.5, 0.6) is 0 Å². The van der Waals surface area contributed by atoms with Gasteiger partial charge in [0.15, 0.2) is 5.13 Å². The fraction of sp³-hybridized carbons (Fsp3) is 0.786. The van der Waals surface area contributed by atoms with Gasteiger partial charge in [0.1, 0.15) is 0 Å². The van der Waals surface area contributed by atoms with Crippen LogP contribution in [0.15, 0.2) is 0 Å². The Hall–Kier alpha value is -0.650. The standard InChI is InChI=1S/C14H24N2O2S/c1-13(2,3)10-11(14(4,5)17)19-12(15-10)16-6-8-18-9-7-16/h17H,6-9H2,1-5H3. The van der Waals surface area contributed by atoms with Gasteiger partial charge in [-0.3, -0.25) is 0 Å². The first-order valence-corrected chi connectivity index (χ1v) is 7.58. The van der Waals surface area contributed by atoms with Crippen molar-refractivity contribution in [2.24, 2.45) is 0 Å². The molecule has 1 aliphatic heterocycles. The Morgan fingerprint density at radius 3 is 2.16 bits per heavy atom. The van der Waals surface area contributed by atoms with Crippen molar-refractivity contribution >= 4 is 16.5 Å². The van der Waals surface area contributed by atoms with Crippen LogP contribution in [-0.4, -0.2) is 36.4 Å². The lowest BCUT2D eigenvalue weighted by Gasteiger charge is -2.26. The van der Waals surface area contributed by atoms with Gasteiger partial charge in [0.05, 0.1) is 29.4 Å². The van der Waals surface area contributed by atoms with Crippen LogP contribution in [0.2, 0.25) is 0 Å². The molecule has 0 unspecified atom stereocenters. The van der Waals surface area contributed by atoms with E-state index < -0.39 is 5.60 Å². The Bertz CT molecular complexity index is 406. The molecule has 4 nitrogen and oxygen atoms in total. The molecular weight excluding hydrogens is 260 g/mol. The molecular formula is C14H24N2O2S. The summed E-state index contributed by atoms with van der Waals surface area (Å²) in [6, 6.07) is 0. The van der Waals surface area contributed by atoms with Gasteiger partial charge in [-0.15, -0.1) is 0 Å². The minimum absolute atomic E-state index is 0.0592. The van der Waals surface area contributed by atoms with Crippen molar-refractivity contribution in [1.82, 2.24) is 4.98 Å². The number of anilines is 1. The highest BCUT2D eigenvalue weighted by Crippen LogP contribution is 2.39. The van der Waals surface area contributed by atoms with Gasteiger partial charge in [0, 0.05) is 18.5 Å². The lowest BCUT2D eigenvalue weighted by molar-refractivity contribution is 0.0803. The van der Waals surface area contributed by atoms with Crippen molar-refractivity contribution in [2.75, 3.05) is 31.2 Å². The average molecular weight is 284 g/mol. The second-order valence-corrected chi connectivity index (χ2v) is 7.56. The third-order valence-corrected chi connectivity index (χ3v) is 4.59. The molecule has 0 spiro atoms. The average Bonchev–Trinajstić information content (AvgIpc) is 2.74. The summed E-state index contributed by atoms with van der Waals surface area (Å²) in [5.74, 6) is 0. The van der Waals surface area contributed by atoms with E-state index in [-0.39, 0.29) is 5.41 Å². The highest BCUT2D eigenvalue weighted by Gasteiger charge is 2.32. The first kappa shape index (κ1) is 14.8. The molecule has 5 heteroatoms. The normalized spacial score (nSPS) is 17.9. The molecule has 0 bridgehead atoms. The number of aliphatic hydroxyl groups is 1. The van der Waals surface area contributed by atoms with Crippen LogP contribution < -0.4 is 4.90 Å². The van der Waals surface area contributed by atoms with Gasteiger partial charge in [-0.05, 0) is 13.8 Å². The quantitative estimate of drug-likeness (QED) is 0.906. The van der Waals surface area contributed by atoms with Crippen LogP contribution in [0, 0.1) is 0 Å². The molecule has 108 valence electrons. The lowest BCUT2D eigenvalue weighted by atomic mass is 9.88. The molecule has 1 fully saturated rings. The Morgan fingerprint density at radius 1 is 1.16 bits per heavy atom. The number of rotatable bonds is 2. The van der Waals surface area contributed by atoms with E-state index in [9.17, 15) is 5.11 Å². The maximum Gasteiger partial charge on any atom is 0.186 e. The second-order valence-electron chi connectivity index (χ2n) is 6.58. The fourth-order valence-electron chi connectivity index (χ4n) is 2.12. The molecule has 0 amide bonds. The molecule has 0 aromatic carbocycles. The predicted octanol–water partition coefficient (Wildman–Crippen LogP) is 2.50. The summed E-state index contributed by atoms with van der Waals surface area (Å²) >= 11 is 1.61. The summed E-state index contributed by atoms with van der Waals surface area (Å²) in [4.78, 5) is 8.02. The summed E-state index contributed by atoms with van der Waals surface area (Å²) in [5, 5.41) is 11.4. The first-order valence-electron chi connectivity index (χ1n) is 6.76. The molecule has 0 atom stereocenters. The molecule has 0 aliphatic carbocycles. The Morgan fingerprint density at radius 2 is 1.74 bits per heavy atom. The summed E-state index contributed by atoms with van der Waals surface area (Å²) in [7, 11) is 0. The van der Waals surface area contributed by atoms with Crippen LogP contribution >= 0.6 is 11.3 Å². The summed E-state index contributed by atoms with van der Waals surface area (Å²) in [6.07, 6.45) is 0. The predicted molar refractivity (Wildman–Crippen MR) is 79.1 cm³/mol. The third-order valence-electron chi connectivity index (χ3n) is 3.16. The topological polar surface area (TPSA) is 45.6 Å². The van der Waals surface area contributed by atoms with E-state index in [1.165, 1.54) is 0 Å². The second kappa shape index (κ2) is 5.04. The molecule has 1 aliphatic rings. The summed E-state index contributed by atoms with van der Waals surface area (Å²) in [5.41, 5.74) is 0.104. The Balaban J connectivity index is 2.39. The molecule has 2 rings (SSSR count). The highest BCUT2D eigenvalue weighted by atomic mass is 32.1. The van der Waals surface area contributed by atoms with E-state index >= 15 is 0 Å². The van der Waals surface area contributed by atoms with Gasteiger partial charge in [-0.25, -0.2) is 4.98 Å². The lowest BCUT2D eigenvalue weighted by Crippen LogP contribution is -2.36. The van der Waals surface area contributed by atoms with Crippen molar-refractivity contribution in [3.05, 3.63) is 10.6 Å². The number of morpholine rings is 1. The van der Waals surface area contributed by atoms with Crippen LogP contribution in [-0.2, 0) is 15.8 Å². The zero-order chi connectivity index (χ0) is 14.3. The maximum atomic E-state index is 10.4. The number of hydrogen-bond donors (Lipinski definition) is 1. The third kappa shape index (κ3) is 3.27. The zero-order valence-electron chi connectivity index (χ0n) is 12.5. The fourth-order valence-corrected chi connectivity index (χ4v) is 3.45. The van der Waals surface area contributed by atoms with Gasteiger partial charge in [0.2, 0.25) is 0 Å². The molecule has 2 heterocycles. The smallest absolute Gasteiger partial charge is 0.186 e. The van der Waals surface area contributed by atoms with Gasteiger partial charge in [-0.2, -0.15) is 0 Å². The van der Waals surface area contributed by atoms with E-state index in [1.807, 2.05) is 13.8 Å². The van der Waals surface area contributed by atoms with E-state index in [4.69, 9.17) is 9.72 Å². The van der Waals surface area contributed by atoms with Crippen LogP contribution in [0.1, 0.15) is 45.2 Å². The first-order chi connectivity index (χ1) is 8.69. The van der Waals surface area contributed by atoms with Crippen LogP contribution in [0.25, 0.3) is 0 Å². The SMILES string of the molecule is CC(C)(C)c1nc(N2CCOCC2)sc1C(C)(C)O. The van der Waals surface area contributed by atoms with E-state index in [0.29, 0.717) is 0 Å². The highest BCUT2D eigenvalue weighted by molar-refractivity contribution is 7.15. The number of ether oxygens (including phenoxy) is 1. The molecule has 0 radical (unpaired) electrons. The van der Waals surface area contributed by atoms with Gasteiger partial charge in [0.25, 0.3) is 0 Å².